The van der Waals surface area contributed by atoms with Crippen LogP contribution >= 0.6 is 0 Å². The van der Waals surface area contributed by atoms with Gasteiger partial charge in [0.05, 0.1) is 5.69 Å². The van der Waals surface area contributed by atoms with Crippen LogP contribution in [0.5, 0.6) is 0 Å². The molecule has 0 aliphatic carbocycles. The number of nitrogens with zero attached hydrogens (tertiary/aromatic N) is 5. The molecule has 4 heterocycles. The summed E-state index contributed by atoms with van der Waals surface area (Å²) in [5.41, 5.74) is 1.46. The average molecular weight is 443 g/mol. The Hall–Kier alpha value is -2.22. The maximum Gasteiger partial charge on any atom is 0.263 e. The van der Waals surface area contributed by atoms with Crippen LogP contribution in [-0.4, -0.2) is 65.2 Å². The van der Waals surface area contributed by atoms with Gasteiger partial charge < -0.3 is 19.6 Å². The van der Waals surface area contributed by atoms with Crippen molar-refractivity contribution >= 4 is 22.8 Å². The molecule has 2 aromatic rings. The molecule has 2 aliphatic rings. The molecule has 1 unspecified atom stereocenters. The Kier molecular flexibility index (Phi) is 7.95. The molecule has 4 rings (SSSR count). The first-order chi connectivity index (χ1) is 15.6. The molecule has 8 nitrogen and oxygen atoms in total. The van der Waals surface area contributed by atoms with E-state index in [1.165, 1.54) is 45.2 Å². The van der Waals surface area contributed by atoms with Gasteiger partial charge in [0.15, 0.2) is 0 Å². The van der Waals surface area contributed by atoms with E-state index < -0.39 is 0 Å². The van der Waals surface area contributed by atoms with Gasteiger partial charge in [0.25, 0.3) is 5.71 Å². The first-order valence-corrected chi connectivity index (χ1v) is 12.5. The SMILES string of the molecule is CCc1noc2nc(CCC(=O)NCCCN3CCCC(C)C3)nc(N3CCCCC3)c12. The van der Waals surface area contributed by atoms with Gasteiger partial charge in [-0.15, -0.1) is 0 Å². The molecule has 8 heteroatoms. The third-order valence-corrected chi connectivity index (χ3v) is 6.71. The van der Waals surface area contributed by atoms with E-state index in [1.54, 1.807) is 0 Å². The number of carbonyl (C=O) groups excluding carboxylic acids is 1. The minimum Gasteiger partial charge on any atom is -0.356 e. The summed E-state index contributed by atoms with van der Waals surface area (Å²) in [6, 6.07) is 0. The molecule has 32 heavy (non-hydrogen) atoms. The zero-order valence-corrected chi connectivity index (χ0v) is 19.7. The Morgan fingerprint density at radius 1 is 1.16 bits per heavy atom. The van der Waals surface area contributed by atoms with Crippen LogP contribution in [0.15, 0.2) is 4.52 Å². The number of likely N-dealkylation sites (tertiary alicyclic amines) is 1. The fourth-order valence-electron chi connectivity index (χ4n) is 4.96. The molecule has 0 aromatic carbocycles. The molecule has 2 aromatic heterocycles. The number of amides is 1. The molecule has 1 atom stereocenters. The van der Waals surface area contributed by atoms with Crippen molar-refractivity contribution in [2.45, 2.75) is 71.6 Å². The molecule has 1 amide bonds. The van der Waals surface area contributed by atoms with Crippen molar-refractivity contribution in [2.24, 2.45) is 5.92 Å². The fraction of sp³-hybridized carbons (Fsp3) is 0.750. The predicted octanol–water partition coefficient (Wildman–Crippen LogP) is 3.34. The lowest BCUT2D eigenvalue weighted by molar-refractivity contribution is -0.121. The second-order valence-corrected chi connectivity index (χ2v) is 9.43. The number of rotatable bonds is 9. The number of hydrogen-bond donors (Lipinski definition) is 1. The smallest absolute Gasteiger partial charge is 0.263 e. The summed E-state index contributed by atoms with van der Waals surface area (Å²) in [6.07, 6.45) is 8.93. The van der Waals surface area contributed by atoms with E-state index in [2.05, 4.69) is 39.1 Å². The standard InChI is InChI=1S/C24H38N6O2/c1-3-19-22-23(30-15-5-4-6-16-30)26-20(27-24(22)32-28-19)10-11-21(31)25-12-8-14-29-13-7-9-18(2)17-29/h18H,3-17H2,1-2H3,(H,25,31). The Balaban J connectivity index is 1.31. The zero-order valence-electron chi connectivity index (χ0n) is 19.7. The van der Waals surface area contributed by atoms with Crippen molar-refractivity contribution in [3.05, 3.63) is 11.5 Å². The summed E-state index contributed by atoms with van der Waals surface area (Å²) < 4.78 is 5.53. The molecule has 0 saturated carbocycles. The van der Waals surface area contributed by atoms with Crippen molar-refractivity contribution in [3.63, 3.8) is 0 Å². The Morgan fingerprint density at radius 3 is 2.78 bits per heavy atom. The first-order valence-electron chi connectivity index (χ1n) is 12.5. The van der Waals surface area contributed by atoms with Crippen molar-refractivity contribution in [1.29, 1.82) is 0 Å². The van der Waals surface area contributed by atoms with E-state index >= 15 is 0 Å². The van der Waals surface area contributed by atoms with Gasteiger partial charge in [0.1, 0.15) is 17.0 Å². The van der Waals surface area contributed by atoms with Gasteiger partial charge in [-0.3, -0.25) is 4.79 Å². The van der Waals surface area contributed by atoms with Gasteiger partial charge in [-0.2, -0.15) is 4.98 Å². The Bertz CT molecular complexity index is 892. The van der Waals surface area contributed by atoms with Gasteiger partial charge in [-0.05, 0) is 64.0 Å². The predicted molar refractivity (Wildman–Crippen MR) is 126 cm³/mol. The molecular formula is C24H38N6O2. The highest BCUT2D eigenvalue weighted by molar-refractivity contribution is 5.88. The fourth-order valence-corrected chi connectivity index (χ4v) is 4.96. The Morgan fingerprint density at radius 2 is 2.00 bits per heavy atom. The van der Waals surface area contributed by atoms with E-state index in [0.717, 1.165) is 61.8 Å². The van der Waals surface area contributed by atoms with Crippen LogP contribution in [0.4, 0.5) is 5.82 Å². The van der Waals surface area contributed by atoms with E-state index in [-0.39, 0.29) is 5.91 Å². The second-order valence-electron chi connectivity index (χ2n) is 9.43. The van der Waals surface area contributed by atoms with Crippen LogP contribution in [0.3, 0.4) is 0 Å². The van der Waals surface area contributed by atoms with Crippen molar-refractivity contribution < 1.29 is 9.32 Å². The van der Waals surface area contributed by atoms with Crippen LogP contribution in [0.1, 0.15) is 70.3 Å². The Labute approximate surface area is 191 Å². The third-order valence-electron chi connectivity index (χ3n) is 6.71. The lowest BCUT2D eigenvalue weighted by atomic mass is 10.0. The normalized spacial score (nSPS) is 20.1. The molecule has 0 radical (unpaired) electrons. The quantitative estimate of drug-likeness (QED) is 0.596. The molecule has 176 valence electrons. The van der Waals surface area contributed by atoms with Crippen LogP contribution < -0.4 is 10.2 Å². The number of carbonyl (C=O) groups is 1. The monoisotopic (exact) mass is 442 g/mol. The lowest BCUT2D eigenvalue weighted by Crippen LogP contribution is -2.36. The summed E-state index contributed by atoms with van der Waals surface area (Å²) in [5, 5.41) is 8.22. The molecular weight excluding hydrogens is 404 g/mol. The number of anilines is 1. The average Bonchev–Trinajstić information content (AvgIpc) is 3.24. The number of aryl methyl sites for hydroxylation is 2. The summed E-state index contributed by atoms with van der Waals surface area (Å²) in [5.74, 6) is 2.45. The highest BCUT2D eigenvalue weighted by Gasteiger charge is 2.22. The number of hydrogen-bond acceptors (Lipinski definition) is 7. The second kappa shape index (κ2) is 11.1. The minimum atomic E-state index is 0.0621. The van der Waals surface area contributed by atoms with E-state index in [9.17, 15) is 4.79 Å². The van der Waals surface area contributed by atoms with Gasteiger partial charge in [-0.1, -0.05) is 19.0 Å². The van der Waals surface area contributed by atoms with E-state index in [0.29, 0.717) is 24.4 Å². The summed E-state index contributed by atoms with van der Waals surface area (Å²) in [6.45, 7) is 10.6. The highest BCUT2D eigenvalue weighted by Crippen LogP contribution is 2.30. The van der Waals surface area contributed by atoms with Crippen LogP contribution in [-0.2, 0) is 17.6 Å². The molecule has 2 fully saturated rings. The molecule has 2 aliphatic heterocycles. The number of nitrogens with one attached hydrogen (secondary N) is 1. The summed E-state index contributed by atoms with van der Waals surface area (Å²) >= 11 is 0. The van der Waals surface area contributed by atoms with Crippen LogP contribution in [0.2, 0.25) is 0 Å². The van der Waals surface area contributed by atoms with E-state index in [4.69, 9.17) is 9.51 Å². The largest absolute Gasteiger partial charge is 0.356 e. The summed E-state index contributed by atoms with van der Waals surface area (Å²) in [4.78, 5) is 26.7. The van der Waals surface area contributed by atoms with Crippen molar-refractivity contribution in [2.75, 3.05) is 44.2 Å². The number of piperidine rings is 2. The first kappa shape index (κ1) is 23.0. The highest BCUT2D eigenvalue weighted by atomic mass is 16.5. The summed E-state index contributed by atoms with van der Waals surface area (Å²) in [7, 11) is 0. The maximum atomic E-state index is 12.4. The van der Waals surface area contributed by atoms with Crippen molar-refractivity contribution in [3.8, 4) is 0 Å². The van der Waals surface area contributed by atoms with Crippen LogP contribution in [0, 0.1) is 5.92 Å². The van der Waals surface area contributed by atoms with E-state index in [1.807, 2.05) is 0 Å². The molecule has 1 N–H and O–H groups in total. The van der Waals surface area contributed by atoms with Gasteiger partial charge in [-0.25, -0.2) is 4.98 Å². The molecule has 2 saturated heterocycles. The zero-order chi connectivity index (χ0) is 22.3. The van der Waals surface area contributed by atoms with Crippen molar-refractivity contribution in [1.82, 2.24) is 25.3 Å². The lowest BCUT2D eigenvalue weighted by Gasteiger charge is -2.30. The molecule has 0 bridgehead atoms. The number of fused-ring (bicyclic) bond motifs is 1. The maximum absolute atomic E-state index is 12.4. The number of aromatic nitrogens is 3. The molecule has 0 spiro atoms. The topological polar surface area (TPSA) is 87.4 Å². The minimum absolute atomic E-state index is 0.0621. The van der Waals surface area contributed by atoms with Gasteiger partial charge in [0.2, 0.25) is 5.91 Å². The third kappa shape index (κ3) is 5.77. The van der Waals surface area contributed by atoms with Crippen LogP contribution in [0.25, 0.3) is 11.1 Å². The van der Waals surface area contributed by atoms with Gasteiger partial charge in [0, 0.05) is 39.0 Å². The van der Waals surface area contributed by atoms with Gasteiger partial charge >= 0.3 is 0 Å².